The number of methoxy groups -OCH3 is 1. The second kappa shape index (κ2) is 7.61. The first-order chi connectivity index (χ1) is 13.2. The first kappa shape index (κ1) is 17.3. The smallest absolute Gasteiger partial charge is 0.227 e. The minimum absolute atomic E-state index is 0.150. The van der Waals surface area contributed by atoms with Gasteiger partial charge in [-0.3, -0.25) is 4.79 Å². The van der Waals surface area contributed by atoms with Crippen molar-refractivity contribution in [1.82, 2.24) is 19.7 Å². The molecule has 2 aromatic carbocycles. The SMILES string of the molecule is COc1ccc(CC(=O)N2CCC(n3cnnc3-c3ccccc3)C2)cc1. The zero-order valence-corrected chi connectivity index (χ0v) is 15.3. The zero-order chi connectivity index (χ0) is 18.6. The van der Waals surface area contributed by atoms with Crippen LogP contribution in [0.2, 0.25) is 0 Å². The highest BCUT2D eigenvalue weighted by atomic mass is 16.5. The van der Waals surface area contributed by atoms with Gasteiger partial charge in [0.25, 0.3) is 0 Å². The van der Waals surface area contributed by atoms with Crippen molar-refractivity contribution in [3.8, 4) is 17.1 Å². The summed E-state index contributed by atoms with van der Waals surface area (Å²) in [5, 5.41) is 8.38. The van der Waals surface area contributed by atoms with E-state index in [4.69, 9.17) is 4.74 Å². The summed E-state index contributed by atoms with van der Waals surface area (Å²) in [7, 11) is 1.64. The predicted molar refractivity (Wildman–Crippen MR) is 102 cm³/mol. The molecule has 1 amide bonds. The molecule has 27 heavy (non-hydrogen) atoms. The molecule has 0 aliphatic carbocycles. The topological polar surface area (TPSA) is 60.2 Å². The van der Waals surface area contributed by atoms with E-state index in [-0.39, 0.29) is 11.9 Å². The van der Waals surface area contributed by atoms with Gasteiger partial charge >= 0.3 is 0 Å². The third-order valence-electron chi connectivity index (χ3n) is 5.03. The molecule has 2 heterocycles. The average molecular weight is 362 g/mol. The molecule has 0 spiro atoms. The van der Waals surface area contributed by atoms with Crippen LogP contribution >= 0.6 is 0 Å². The lowest BCUT2D eigenvalue weighted by Crippen LogP contribution is -2.30. The summed E-state index contributed by atoms with van der Waals surface area (Å²) in [6.07, 6.45) is 3.08. The van der Waals surface area contributed by atoms with E-state index in [2.05, 4.69) is 14.8 Å². The maximum Gasteiger partial charge on any atom is 0.227 e. The van der Waals surface area contributed by atoms with Crippen molar-refractivity contribution in [2.75, 3.05) is 20.2 Å². The number of likely N-dealkylation sites (tertiary alicyclic amines) is 1. The fourth-order valence-electron chi connectivity index (χ4n) is 3.53. The van der Waals surface area contributed by atoms with E-state index in [0.29, 0.717) is 13.0 Å². The number of amides is 1. The molecule has 3 aromatic rings. The van der Waals surface area contributed by atoms with Crippen LogP contribution in [-0.2, 0) is 11.2 Å². The highest BCUT2D eigenvalue weighted by molar-refractivity contribution is 5.79. The summed E-state index contributed by atoms with van der Waals surface area (Å²) in [6.45, 7) is 1.44. The van der Waals surface area contributed by atoms with Crippen molar-refractivity contribution in [3.05, 3.63) is 66.5 Å². The zero-order valence-electron chi connectivity index (χ0n) is 15.3. The Balaban J connectivity index is 1.43. The van der Waals surface area contributed by atoms with Crippen molar-refractivity contribution in [2.45, 2.75) is 18.9 Å². The number of rotatable bonds is 5. The minimum atomic E-state index is 0.150. The Labute approximate surface area is 158 Å². The van der Waals surface area contributed by atoms with E-state index in [0.717, 1.165) is 35.7 Å². The van der Waals surface area contributed by atoms with Crippen LogP contribution in [0.3, 0.4) is 0 Å². The lowest BCUT2D eigenvalue weighted by molar-refractivity contribution is -0.129. The predicted octanol–water partition coefficient (Wildman–Crippen LogP) is 2.97. The lowest BCUT2D eigenvalue weighted by Gasteiger charge is -2.18. The van der Waals surface area contributed by atoms with Crippen LogP contribution in [-0.4, -0.2) is 45.8 Å². The van der Waals surface area contributed by atoms with E-state index in [1.165, 1.54) is 0 Å². The highest BCUT2D eigenvalue weighted by Gasteiger charge is 2.29. The quantitative estimate of drug-likeness (QED) is 0.700. The molecule has 6 heteroatoms. The number of benzene rings is 2. The Morgan fingerprint density at radius 3 is 2.67 bits per heavy atom. The number of carbonyl (C=O) groups excluding carboxylic acids is 1. The molecular formula is C21H22N4O2. The third-order valence-corrected chi connectivity index (χ3v) is 5.03. The van der Waals surface area contributed by atoms with E-state index in [9.17, 15) is 4.79 Å². The Bertz CT molecular complexity index is 905. The van der Waals surface area contributed by atoms with Crippen LogP contribution in [0.5, 0.6) is 5.75 Å². The summed E-state index contributed by atoms with van der Waals surface area (Å²) in [6, 6.07) is 17.9. The number of nitrogens with zero attached hydrogens (tertiary/aromatic N) is 4. The molecule has 1 atom stereocenters. The second-order valence-corrected chi connectivity index (χ2v) is 6.73. The summed E-state index contributed by atoms with van der Waals surface area (Å²) in [5.74, 6) is 1.80. The van der Waals surface area contributed by atoms with Crippen molar-refractivity contribution in [3.63, 3.8) is 0 Å². The van der Waals surface area contributed by atoms with E-state index >= 15 is 0 Å². The van der Waals surface area contributed by atoms with Crippen LogP contribution in [0.4, 0.5) is 0 Å². The normalized spacial score (nSPS) is 16.5. The van der Waals surface area contributed by atoms with Crippen LogP contribution < -0.4 is 4.74 Å². The fraction of sp³-hybridized carbons (Fsp3) is 0.286. The van der Waals surface area contributed by atoms with Crippen molar-refractivity contribution in [2.24, 2.45) is 0 Å². The van der Waals surface area contributed by atoms with Gasteiger partial charge in [-0.15, -0.1) is 10.2 Å². The third kappa shape index (κ3) is 3.69. The van der Waals surface area contributed by atoms with Gasteiger partial charge in [-0.05, 0) is 24.1 Å². The Morgan fingerprint density at radius 2 is 1.93 bits per heavy atom. The number of carbonyl (C=O) groups is 1. The summed E-state index contributed by atoms with van der Waals surface area (Å²) < 4.78 is 7.26. The molecule has 6 nitrogen and oxygen atoms in total. The molecule has 0 bridgehead atoms. The molecule has 138 valence electrons. The van der Waals surface area contributed by atoms with Gasteiger partial charge in [0.1, 0.15) is 12.1 Å². The van der Waals surface area contributed by atoms with Gasteiger partial charge in [0.2, 0.25) is 5.91 Å². The number of ether oxygens (including phenoxy) is 1. The van der Waals surface area contributed by atoms with E-state index in [1.54, 1.807) is 13.4 Å². The second-order valence-electron chi connectivity index (χ2n) is 6.73. The van der Waals surface area contributed by atoms with Gasteiger partial charge < -0.3 is 14.2 Å². The van der Waals surface area contributed by atoms with Crippen molar-refractivity contribution < 1.29 is 9.53 Å². The maximum atomic E-state index is 12.7. The van der Waals surface area contributed by atoms with Crippen molar-refractivity contribution in [1.29, 1.82) is 0 Å². The Morgan fingerprint density at radius 1 is 1.15 bits per heavy atom. The molecule has 1 unspecified atom stereocenters. The summed E-state index contributed by atoms with van der Waals surface area (Å²) in [4.78, 5) is 14.6. The Hall–Kier alpha value is -3.15. The maximum absolute atomic E-state index is 12.7. The lowest BCUT2D eigenvalue weighted by atomic mass is 10.1. The minimum Gasteiger partial charge on any atom is -0.497 e. The number of hydrogen-bond donors (Lipinski definition) is 0. The molecule has 1 fully saturated rings. The first-order valence-electron chi connectivity index (χ1n) is 9.10. The van der Waals surface area contributed by atoms with Crippen LogP contribution in [0.1, 0.15) is 18.0 Å². The van der Waals surface area contributed by atoms with Gasteiger partial charge in [-0.25, -0.2) is 0 Å². The molecule has 1 saturated heterocycles. The first-order valence-corrected chi connectivity index (χ1v) is 9.10. The molecule has 4 rings (SSSR count). The molecule has 0 radical (unpaired) electrons. The molecule has 1 aliphatic rings. The Kier molecular flexibility index (Phi) is 4.87. The highest BCUT2D eigenvalue weighted by Crippen LogP contribution is 2.27. The molecule has 1 aliphatic heterocycles. The molecule has 0 N–H and O–H groups in total. The van der Waals surface area contributed by atoms with Gasteiger partial charge in [-0.1, -0.05) is 42.5 Å². The van der Waals surface area contributed by atoms with Gasteiger partial charge in [0, 0.05) is 18.7 Å². The summed E-state index contributed by atoms with van der Waals surface area (Å²) >= 11 is 0. The summed E-state index contributed by atoms with van der Waals surface area (Å²) in [5.41, 5.74) is 2.04. The number of hydrogen-bond acceptors (Lipinski definition) is 4. The standard InChI is InChI=1S/C21H22N4O2/c1-27-19-9-7-16(8-10-19)13-20(26)24-12-11-18(14-24)25-15-22-23-21(25)17-5-3-2-4-6-17/h2-10,15,18H,11-14H2,1H3. The molecule has 0 saturated carbocycles. The van der Waals surface area contributed by atoms with Crippen molar-refractivity contribution >= 4 is 5.91 Å². The molecule has 1 aromatic heterocycles. The fourth-order valence-corrected chi connectivity index (χ4v) is 3.53. The van der Waals surface area contributed by atoms with E-state index < -0.39 is 0 Å². The van der Waals surface area contributed by atoms with Crippen LogP contribution in [0.15, 0.2) is 60.9 Å². The average Bonchev–Trinajstić information content (AvgIpc) is 3.38. The monoisotopic (exact) mass is 362 g/mol. The number of aromatic nitrogens is 3. The largest absolute Gasteiger partial charge is 0.497 e. The van der Waals surface area contributed by atoms with E-state index in [1.807, 2.05) is 59.5 Å². The van der Waals surface area contributed by atoms with Crippen LogP contribution in [0, 0.1) is 0 Å². The van der Waals surface area contributed by atoms with Gasteiger partial charge in [0.05, 0.1) is 19.6 Å². The van der Waals surface area contributed by atoms with Crippen LogP contribution in [0.25, 0.3) is 11.4 Å². The van der Waals surface area contributed by atoms with Gasteiger partial charge in [0.15, 0.2) is 5.82 Å². The van der Waals surface area contributed by atoms with Gasteiger partial charge in [-0.2, -0.15) is 0 Å². The molecular weight excluding hydrogens is 340 g/mol.